The summed E-state index contributed by atoms with van der Waals surface area (Å²) in [6.45, 7) is -0.349. The smallest absolute Gasteiger partial charge is 0.338 e. The van der Waals surface area contributed by atoms with Gasteiger partial charge in [0.2, 0.25) is 0 Å². The Morgan fingerprint density at radius 3 is 2.09 bits per heavy atom. The van der Waals surface area contributed by atoms with Crippen molar-refractivity contribution in [2.75, 3.05) is 11.5 Å². The van der Waals surface area contributed by atoms with Crippen molar-refractivity contribution in [2.45, 2.75) is 19.3 Å². The molecular weight excluding hydrogens is 406 g/mol. The number of ether oxygens (including phenoxy) is 1. The van der Waals surface area contributed by atoms with Gasteiger partial charge in [0.25, 0.3) is 11.8 Å². The first-order chi connectivity index (χ1) is 15.5. The van der Waals surface area contributed by atoms with Crippen LogP contribution in [0.1, 0.15) is 59.0 Å². The first kappa shape index (κ1) is 19.9. The fraction of sp³-hybridized carbons (Fsp3) is 0.154. The van der Waals surface area contributed by atoms with Crippen LogP contribution in [-0.4, -0.2) is 30.2 Å². The van der Waals surface area contributed by atoms with Crippen LogP contribution >= 0.6 is 0 Å². The van der Waals surface area contributed by atoms with Crippen LogP contribution in [0.25, 0.3) is 0 Å². The fourth-order valence-corrected chi connectivity index (χ4v) is 4.21. The Labute approximate surface area is 184 Å². The summed E-state index contributed by atoms with van der Waals surface area (Å²) in [4.78, 5) is 51.1. The summed E-state index contributed by atoms with van der Waals surface area (Å²) in [6, 6.07) is 18.2. The van der Waals surface area contributed by atoms with Crippen molar-refractivity contribution in [3.8, 4) is 0 Å². The van der Waals surface area contributed by atoms with Crippen LogP contribution in [0.3, 0.4) is 0 Å². The van der Waals surface area contributed by atoms with Crippen LogP contribution in [0.5, 0.6) is 0 Å². The maximum absolute atomic E-state index is 12.6. The van der Waals surface area contributed by atoms with E-state index in [1.807, 2.05) is 12.1 Å². The van der Waals surface area contributed by atoms with E-state index in [1.165, 1.54) is 35.4 Å². The molecule has 2 aliphatic rings. The minimum atomic E-state index is -0.645. The second-order valence-corrected chi connectivity index (χ2v) is 7.87. The molecule has 0 atom stereocenters. The zero-order chi connectivity index (χ0) is 22.2. The van der Waals surface area contributed by atoms with Gasteiger partial charge in [-0.2, -0.15) is 0 Å². The van der Waals surface area contributed by atoms with E-state index in [4.69, 9.17) is 4.74 Å². The molecule has 1 heterocycles. The van der Waals surface area contributed by atoms with E-state index in [0.717, 1.165) is 24.2 Å². The third-order valence-corrected chi connectivity index (χ3v) is 5.91. The number of nitrogens with zero attached hydrogens (tertiary/aromatic N) is 1. The number of anilines is 1. The predicted octanol–water partition coefficient (Wildman–Crippen LogP) is 4.02. The van der Waals surface area contributed by atoms with Crippen molar-refractivity contribution < 1.29 is 23.9 Å². The molecule has 5 rings (SSSR count). The van der Waals surface area contributed by atoms with Crippen LogP contribution in [0.2, 0.25) is 0 Å². The number of aryl methyl sites for hydroxylation is 2. The lowest BCUT2D eigenvalue weighted by molar-refractivity contribution is 0.0474. The van der Waals surface area contributed by atoms with Crippen molar-refractivity contribution in [2.24, 2.45) is 0 Å². The highest BCUT2D eigenvalue weighted by molar-refractivity contribution is 6.34. The van der Waals surface area contributed by atoms with Gasteiger partial charge in [0, 0.05) is 5.56 Å². The molecule has 3 aromatic rings. The second-order valence-electron chi connectivity index (χ2n) is 7.87. The minimum Gasteiger partial charge on any atom is -0.454 e. The Balaban J connectivity index is 1.25. The van der Waals surface area contributed by atoms with E-state index in [9.17, 15) is 19.2 Å². The Kier molecular flexibility index (Phi) is 4.90. The van der Waals surface area contributed by atoms with E-state index in [-0.39, 0.29) is 18.0 Å². The van der Waals surface area contributed by atoms with Gasteiger partial charge in [-0.15, -0.1) is 0 Å². The number of Topliss-reactive ketones (excluding diaryl/α,β-unsaturated/α-hetero) is 1. The Hall–Kier alpha value is -4.06. The number of carbonyl (C=O) groups excluding carboxylic acids is 4. The van der Waals surface area contributed by atoms with E-state index in [1.54, 1.807) is 30.3 Å². The van der Waals surface area contributed by atoms with Gasteiger partial charge in [-0.3, -0.25) is 14.4 Å². The summed E-state index contributed by atoms with van der Waals surface area (Å²) in [5.74, 6) is -1.70. The molecule has 6 heteroatoms. The monoisotopic (exact) mass is 425 g/mol. The Morgan fingerprint density at radius 1 is 0.781 bits per heavy atom. The Bertz CT molecular complexity index is 1240. The normalized spacial score (nSPS) is 14.3. The largest absolute Gasteiger partial charge is 0.454 e. The first-order valence-corrected chi connectivity index (χ1v) is 10.4. The lowest BCUT2D eigenvalue weighted by Gasteiger charge is -2.14. The number of carbonyl (C=O) groups is 4. The molecule has 2 amide bonds. The molecule has 1 aliphatic heterocycles. The number of amides is 2. The van der Waals surface area contributed by atoms with Gasteiger partial charge in [0.15, 0.2) is 12.4 Å². The quantitative estimate of drug-likeness (QED) is 0.350. The van der Waals surface area contributed by atoms with Gasteiger partial charge in [-0.05, 0) is 72.9 Å². The number of ketones is 1. The molecule has 0 fully saturated rings. The van der Waals surface area contributed by atoms with Crippen LogP contribution in [-0.2, 0) is 17.6 Å². The average Bonchev–Trinajstić information content (AvgIpc) is 3.39. The molecule has 0 aromatic heterocycles. The number of rotatable bonds is 5. The molecule has 0 radical (unpaired) electrons. The molecule has 32 heavy (non-hydrogen) atoms. The van der Waals surface area contributed by atoms with Crippen molar-refractivity contribution in [3.05, 3.63) is 100 Å². The highest BCUT2D eigenvalue weighted by Gasteiger charge is 2.36. The number of imide groups is 1. The molecule has 1 aliphatic carbocycles. The topological polar surface area (TPSA) is 80.8 Å². The summed E-state index contributed by atoms with van der Waals surface area (Å²) in [5, 5.41) is 0. The summed E-state index contributed by atoms with van der Waals surface area (Å²) < 4.78 is 5.19. The van der Waals surface area contributed by atoms with Crippen LogP contribution in [0.15, 0.2) is 66.7 Å². The van der Waals surface area contributed by atoms with Gasteiger partial charge < -0.3 is 4.74 Å². The third-order valence-electron chi connectivity index (χ3n) is 5.91. The lowest BCUT2D eigenvalue weighted by Crippen LogP contribution is -2.29. The van der Waals surface area contributed by atoms with E-state index < -0.39 is 17.8 Å². The summed E-state index contributed by atoms with van der Waals surface area (Å²) in [7, 11) is 0. The molecular formula is C26H19NO5. The summed E-state index contributed by atoms with van der Waals surface area (Å²) >= 11 is 0. The lowest BCUT2D eigenvalue weighted by atomic mass is 10.0. The van der Waals surface area contributed by atoms with Crippen molar-refractivity contribution in [1.29, 1.82) is 0 Å². The molecule has 0 bridgehead atoms. The maximum Gasteiger partial charge on any atom is 0.338 e. The van der Waals surface area contributed by atoms with Crippen LogP contribution < -0.4 is 4.90 Å². The zero-order valence-corrected chi connectivity index (χ0v) is 17.2. The number of benzene rings is 3. The molecule has 3 aromatic carbocycles. The van der Waals surface area contributed by atoms with Crippen molar-refractivity contribution in [1.82, 2.24) is 0 Å². The van der Waals surface area contributed by atoms with E-state index in [2.05, 4.69) is 0 Å². The van der Waals surface area contributed by atoms with Crippen LogP contribution in [0, 0.1) is 0 Å². The Morgan fingerprint density at radius 2 is 1.41 bits per heavy atom. The molecule has 0 saturated heterocycles. The van der Waals surface area contributed by atoms with Gasteiger partial charge in [-0.1, -0.05) is 24.3 Å². The number of hydrogen-bond acceptors (Lipinski definition) is 5. The third kappa shape index (κ3) is 3.39. The highest BCUT2D eigenvalue weighted by Crippen LogP contribution is 2.28. The standard InChI is InChI=1S/C26H19NO5/c28-23(19-9-8-16-4-3-5-18(16)14-19)15-32-26(31)17-10-12-20(13-11-17)27-24(29)21-6-1-2-7-22(21)25(27)30/h1-2,6-14H,3-5,15H2. The van der Waals surface area contributed by atoms with Crippen molar-refractivity contribution >= 4 is 29.3 Å². The molecule has 0 unspecified atom stereocenters. The van der Waals surface area contributed by atoms with E-state index >= 15 is 0 Å². The summed E-state index contributed by atoms with van der Waals surface area (Å²) in [5.41, 5.74) is 4.30. The average molecular weight is 425 g/mol. The van der Waals surface area contributed by atoms with Crippen molar-refractivity contribution in [3.63, 3.8) is 0 Å². The maximum atomic E-state index is 12.6. The zero-order valence-electron chi connectivity index (χ0n) is 17.2. The molecule has 0 spiro atoms. The second kappa shape index (κ2) is 7.89. The summed E-state index contributed by atoms with van der Waals surface area (Å²) in [6.07, 6.45) is 3.10. The van der Waals surface area contributed by atoms with Gasteiger partial charge >= 0.3 is 5.97 Å². The molecule has 6 nitrogen and oxygen atoms in total. The highest BCUT2D eigenvalue weighted by atomic mass is 16.5. The van der Waals surface area contributed by atoms with Gasteiger partial charge in [-0.25, -0.2) is 9.69 Å². The molecule has 0 saturated carbocycles. The molecule has 0 N–H and O–H groups in total. The first-order valence-electron chi connectivity index (χ1n) is 10.4. The fourth-order valence-electron chi connectivity index (χ4n) is 4.21. The van der Waals surface area contributed by atoms with E-state index in [0.29, 0.717) is 22.4 Å². The number of fused-ring (bicyclic) bond motifs is 2. The van der Waals surface area contributed by atoms with Gasteiger partial charge in [0.05, 0.1) is 22.4 Å². The predicted molar refractivity (Wildman–Crippen MR) is 117 cm³/mol. The number of esters is 1. The van der Waals surface area contributed by atoms with Gasteiger partial charge in [0.1, 0.15) is 0 Å². The molecule has 158 valence electrons. The minimum absolute atomic E-state index is 0.229. The SMILES string of the molecule is O=C(COC(=O)c1ccc(N2C(=O)c3ccccc3C2=O)cc1)c1ccc2c(c1)CCC2. The number of hydrogen-bond donors (Lipinski definition) is 0. The van der Waals surface area contributed by atoms with Crippen LogP contribution in [0.4, 0.5) is 5.69 Å².